The van der Waals surface area contributed by atoms with Crippen LogP contribution in [0.1, 0.15) is 16.7 Å². The van der Waals surface area contributed by atoms with E-state index in [9.17, 15) is 0 Å². The van der Waals surface area contributed by atoms with E-state index in [-0.39, 0.29) is 0 Å². The second-order valence-corrected chi connectivity index (χ2v) is 5.25. The lowest BCUT2D eigenvalue weighted by molar-refractivity contribution is 0.295. The minimum absolute atomic E-state index is 0.319. The molecule has 0 amide bonds. The van der Waals surface area contributed by atoms with Crippen LogP contribution >= 0.6 is 15.9 Å². The smallest absolute Gasteiger partial charge is 0.134 e. The third-order valence-corrected chi connectivity index (χ3v) is 3.64. The molecule has 4 nitrogen and oxygen atoms in total. The van der Waals surface area contributed by atoms with Crippen LogP contribution in [0.4, 0.5) is 0 Å². The Morgan fingerprint density at radius 3 is 2.57 bits per heavy atom. The van der Waals surface area contributed by atoms with Gasteiger partial charge in [-0.15, -0.1) is 0 Å². The maximum absolute atomic E-state index is 8.96. The predicted octanol–water partition coefficient (Wildman–Crippen LogP) is 3.37. The molecule has 0 unspecified atom stereocenters. The molecule has 2 aromatic rings. The molecule has 2 N–H and O–H groups in total. The van der Waals surface area contributed by atoms with E-state index in [1.54, 1.807) is 25.3 Å². The molecule has 2 aromatic carbocycles. The number of rotatable bonds is 5. The third kappa shape index (κ3) is 3.75. The Kier molecular flexibility index (Phi) is 5.20. The van der Waals surface area contributed by atoms with Gasteiger partial charge in [-0.25, -0.2) is 0 Å². The number of nitrogens with two attached hydrogens (primary N) is 1. The summed E-state index contributed by atoms with van der Waals surface area (Å²) in [4.78, 5) is 0. The fourth-order valence-electron chi connectivity index (χ4n) is 1.90. The van der Waals surface area contributed by atoms with Crippen molar-refractivity contribution in [1.82, 2.24) is 0 Å². The van der Waals surface area contributed by atoms with E-state index in [1.165, 1.54) is 0 Å². The van der Waals surface area contributed by atoms with E-state index in [0.717, 1.165) is 21.3 Å². The summed E-state index contributed by atoms with van der Waals surface area (Å²) in [5.74, 6) is 1.42. The van der Waals surface area contributed by atoms with Crippen LogP contribution in [-0.2, 0) is 13.2 Å². The summed E-state index contributed by atoms with van der Waals surface area (Å²) in [7, 11) is 1.59. The molecule has 0 heterocycles. The van der Waals surface area contributed by atoms with E-state index in [2.05, 4.69) is 22.0 Å². The van der Waals surface area contributed by atoms with Crippen LogP contribution in [0.3, 0.4) is 0 Å². The van der Waals surface area contributed by atoms with Gasteiger partial charge in [-0.1, -0.05) is 6.07 Å². The highest BCUT2D eigenvalue weighted by atomic mass is 79.9. The van der Waals surface area contributed by atoms with Gasteiger partial charge in [-0.2, -0.15) is 5.26 Å². The first-order valence-corrected chi connectivity index (χ1v) is 7.15. The number of ether oxygens (including phenoxy) is 2. The van der Waals surface area contributed by atoms with Crippen LogP contribution < -0.4 is 15.2 Å². The lowest BCUT2D eigenvalue weighted by Crippen LogP contribution is -2.01. The van der Waals surface area contributed by atoms with Crippen molar-refractivity contribution in [1.29, 1.82) is 5.26 Å². The summed E-state index contributed by atoms with van der Waals surface area (Å²) in [5, 5.41) is 8.96. The van der Waals surface area contributed by atoms with Crippen molar-refractivity contribution in [2.45, 2.75) is 13.2 Å². The second kappa shape index (κ2) is 7.11. The van der Waals surface area contributed by atoms with Crippen molar-refractivity contribution < 1.29 is 9.47 Å². The Balaban J connectivity index is 2.18. The molecule has 0 bridgehead atoms. The number of nitrogens with zero attached hydrogens (tertiary/aromatic N) is 1. The molecule has 0 aliphatic carbocycles. The number of hydrogen-bond donors (Lipinski definition) is 1. The van der Waals surface area contributed by atoms with Gasteiger partial charge in [0.1, 0.15) is 18.1 Å². The van der Waals surface area contributed by atoms with Gasteiger partial charge in [0, 0.05) is 12.1 Å². The Hall–Kier alpha value is -2.03. The first kappa shape index (κ1) is 15.4. The molecule has 0 fully saturated rings. The van der Waals surface area contributed by atoms with Crippen LogP contribution in [0.25, 0.3) is 0 Å². The molecule has 2 rings (SSSR count). The molecule has 5 heteroatoms. The van der Waals surface area contributed by atoms with Gasteiger partial charge in [0.25, 0.3) is 0 Å². The van der Waals surface area contributed by atoms with Crippen molar-refractivity contribution in [2.24, 2.45) is 5.73 Å². The molecular formula is C16H15BrN2O2. The summed E-state index contributed by atoms with van der Waals surface area (Å²) < 4.78 is 11.9. The largest absolute Gasteiger partial charge is 0.496 e. The topological polar surface area (TPSA) is 68.3 Å². The maximum atomic E-state index is 8.96. The van der Waals surface area contributed by atoms with Crippen molar-refractivity contribution in [3.05, 3.63) is 57.6 Å². The van der Waals surface area contributed by atoms with Crippen molar-refractivity contribution >= 4 is 15.9 Å². The fourth-order valence-corrected chi connectivity index (χ4v) is 2.45. The molecule has 0 aromatic heterocycles. The van der Waals surface area contributed by atoms with Crippen LogP contribution in [-0.4, -0.2) is 7.11 Å². The quantitative estimate of drug-likeness (QED) is 0.901. The number of hydrogen-bond acceptors (Lipinski definition) is 4. The molecule has 108 valence electrons. The second-order valence-electron chi connectivity index (χ2n) is 4.40. The normalized spacial score (nSPS) is 10.0. The predicted molar refractivity (Wildman–Crippen MR) is 84.1 cm³/mol. The maximum Gasteiger partial charge on any atom is 0.134 e. The molecule has 0 saturated carbocycles. The summed E-state index contributed by atoms with van der Waals surface area (Å²) in [6.07, 6.45) is 0. The minimum Gasteiger partial charge on any atom is -0.496 e. The lowest BCUT2D eigenvalue weighted by Gasteiger charge is -2.12. The zero-order valence-electron chi connectivity index (χ0n) is 11.6. The summed E-state index contributed by atoms with van der Waals surface area (Å²) in [5.41, 5.74) is 8.02. The Morgan fingerprint density at radius 2 is 1.95 bits per heavy atom. The van der Waals surface area contributed by atoms with Gasteiger partial charge in [0.05, 0.1) is 23.2 Å². The Morgan fingerprint density at radius 1 is 1.19 bits per heavy atom. The molecule has 0 aliphatic rings. The number of halogens is 1. The van der Waals surface area contributed by atoms with E-state index in [4.69, 9.17) is 20.5 Å². The van der Waals surface area contributed by atoms with Gasteiger partial charge in [-0.3, -0.25) is 0 Å². The van der Waals surface area contributed by atoms with E-state index >= 15 is 0 Å². The van der Waals surface area contributed by atoms with Gasteiger partial charge < -0.3 is 15.2 Å². The first-order valence-electron chi connectivity index (χ1n) is 6.36. The highest BCUT2D eigenvalue weighted by Gasteiger charge is 2.08. The number of nitriles is 1. The Labute approximate surface area is 132 Å². The van der Waals surface area contributed by atoms with Gasteiger partial charge in [0.2, 0.25) is 0 Å². The van der Waals surface area contributed by atoms with Crippen molar-refractivity contribution in [3.8, 4) is 17.6 Å². The van der Waals surface area contributed by atoms with Crippen LogP contribution in [0.15, 0.2) is 40.9 Å². The lowest BCUT2D eigenvalue weighted by atomic mass is 10.1. The fraction of sp³-hybridized carbons (Fsp3) is 0.188. The molecule has 0 aliphatic heterocycles. The summed E-state index contributed by atoms with van der Waals surface area (Å²) in [6.45, 7) is 0.802. The zero-order valence-corrected chi connectivity index (χ0v) is 13.2. The van der Waals surface area contributed by atoms with Crippen LogP contribution in [0.2, 0.25) is 0 Å². The molecule has 21 heavy (non-hydrogen) atoms. The van der Waals surface area contributed by atoms with Gasteiger partial charge >= 0.3 is 0 Å². The van der Waals surface area contributed by atoms with Crippen LogP contribution in [0, 0.1) is 11.3 Å². The summed E-state index contributed by atoms with van der Waals surface area (Å²) in [6, 6.07) is 13.1. The van der Waals surface area contributed by atoms with E-state index < -0.39 is 0 Å². The SMILES string of the molecule is COc1ccc(C#N)cc1COc1ccc(CN)cc1Br. The molecule has 0 atom stereocenters. The molecular weight excluding hydrogens is 332 g/mol. The number of benzene rings is 2. The number of methoxy groups -OCH3 is 1. The average Bonchev–Trinajstić information content (AvgIpc) is 2.53. The van der Waals surface area contributed by atoms with Crippen molar-refractivity contribution in [2.75, 3.05) is 7.11 Å². The minimum atomic E-state index is 0.319. The zero-order chi connectivity index (χ0) is 15.2. The molecule has 0 radical (unpaired) electrons. The van der Waals surface area contributed by atoms with Gasteiger partial charge in [-0.05, 0) is 51.8 Å². The Bertz CT molecular complexity index is 680. The van der Waals surface area contributed by atoms with E-state index in [1.807, 2.05) is 18.2 Å². The monoisotopic (exact) mass is 346 g/mol. The molecule has 0 spiro atoms. The standard InChI is InChI=1S/C16H15BrN2O2/c1-20-15-4-2-11(8-18)6-13(15)10-21-16-5-3-12(9-19)7-14(16)17/h2-7H,9-10,19H2,1H3. The van der Waals surface area contributed by atoms with Gasteiger partial charge in [0.15, 0.2) is 0 Å². The van der Waals surface area contributed by atoms with Crippen LogP contribution in [0.5, 0.6) is 11.5 Å². The summed E-state index contributed by atoms with van der Waals surface area (Å²) >= 11 is 3.46. The molecule has 0 saturated heterocycles. The van der Waals surface area contributed by atoms with E-state index in [0.29, 0.717) is 24.5 Å². The highest BCUT2D eigenvalue weighted by Crippen LogP contribution is 2.28. The highest BCUT2D eigenvalue weighted by molar-refractivity contribution is 9.10. The van der Waals surface area contributed by atoms with Crippen molar-refractivity contribution in [3.63, 3.8) is 0 Å². The third-order valence-electron chi connectivity index (χ3n) is 3.02. The average molecular weight is 347 g/mol. The first-order chi connectivity index (χ1) is 10.2.